The van der Waals surface area contributed by atoms with Gasteiger partial charge in [-0.25, -0.2) is 0 Å². The minimum Gasteiger partial charge on any atom is -0.496 e. The van der Waals surface area contributed by atoms with E-state index in [0.29, 0.717) is 5.56 Å². The molecule has 98 valence electrons. The van der Waals surface area contributed by atoms with E-state index in [1.807, 2.05) is 0 Å². The lowest BCUT2D eigenvalue weighted by Gasteiger charge is -2.23. The fourth-order valence-electron chi connectivity index (χ4n) is 2.31. The van der Waals surface area contributed by atoms with Crippen LogP contribution in [0.1, 0.15) is 35.2 Å². The Kier molecular flexibility index (Phi) is 4.20. The fraction of sp³-hybridized carbons (Fsp3) is 0.500. The van der Waals surface area contributed by atoms with Crippen LogP contribution in [-0.4, -0.2) is 25.7 Å². The summed E-state index contributed by atoms with van der Waals surface area (Å²) in [6.45, 7) is 0.822. The van der Waals surface area contributed by atoms with Crippen LogP contribution >= 0.6 is 0 Å². The average molecular weight is 249 g/mol. The first-order chi connectivity index (χ1) is 8.70. The van der Waals surface area contributed by atoms with Crippen molar-refractivity contribution in [2.75, 3.05) is 13.7 Å². The number of hydrogen-bond donors (Lipinski definition) is 1. The third kappa shape index (κ3) is 3.01. The third-order valence-electron chi connectivity index (χ3n) is 3.29. The zero-order valence-corrected chi connectivity index (χ0v) is 10.6. The highest BCUT2D eigenvalue weighted by atomic mass is 16.5. The van der Waals surface area contributed by atoms with Crippen LogP contribution in [0.3, 0.4) is 0 Å². The molecule has 0 saturated carbocycles. The van der Waals surface area contributed by atoms with Crippen molar-refractivity contribution in [2.24, 2.45) is 5.73 Å². The number of rotatable bonds is 4. The summed E-state index contributed by atoms with van der Waals surface area (Å²) in [7, 11) is 1.63. The van der Waals surface area contributed by atoms with Crippen LogP contribution in [0, 0.1) is 0 Å². The lowest BCUT2D eigenvalue weighted by Crippen LogP contribution is -2.22. The molecule has 1 aromatic rings. The summed E-state index contributed by atoms with van der Waals surface area (Å²) in [5.74, 6) is 0.373. The highest BCUT2D eigenvalue weighted by Crippen LogP contribution is 2.25. The second kappa shape index (κ2) is 5.87. The molecule has 0 aromatic heterocycles. The Bertz CT molecular complexity index is 425. The summed E-state index contributed by atoms with van der Waals surface area (Å²) in [5, 5.41) is 0. The van der Waals surface area contributed by atoms with E-state index in [4.69, 9.17) is 15.2 Å². The van der Waals surface area contributed by atoms with Gasteiger partial charge in [-0.05, 0) is 43.0 Å². The molecule has 0 aliphatic carbocycles. The van der Waals surface area contributed by atoms with Gasteiger partial charge in [0.15, 0.2) is 0 Å². The standard InChI is InChI=1S/C14H19NO3/c1-17-13-6-5-10(14(15)16)8-11(13)9-12-4-2-3-7-18-12/h5-6,8,12H,2-4,7,9H2,1H3,(H2,15,16)/t12-/m1/s1. The monoisotopic (exact) mass is 249 g/mol. The predicted octanol–water partition coefficient (Wildman–Crippen LogP) is 1.91. The molecule has 0 spiro atoms. The SMILES string of the molecule is COc1ccc(C(N)=O)cc1C[C@H]1CCCCO1. The molecular formula is C14H19NO3. The van der Waals surface area contributed by atoms with Gasteiger partial charge in [0.05, 0.1) is 13.2 Å². The number of benzene rings is 1. The number of nitrogens with two attached hydrogens (primary N) is 1. The van der Waals surface area contributed by atoms with E-state index in [1.54, 1.807) is 25.3 Å². The lowest BCUT2D eigenvalue weighted by atomic mass is 9.99. The highest BCUT2D eigenvalue weighted by molar-refractivity contribution is 5.93. The normalized spacial score (nSPS) is 19.5. The van der Waals surface area contributed by atoms with Crippen molar-refractivity contribution >= 4 is 5.91 Å². The molecular weight excluding hydrogens is 230 g/mol. The molecule has 18 heavy (non-hydrogen) atoms. The Morgan fingerprint density at radius 1 is 1.50 bits per heavy atom. The number of amides is 1. The van der Waals surface area contributed by atoms with Crippen molar-refractivity contribution in [2.45, 2.75) is 31.8 Å². The fourth-order valence-corrected chi connectivity index (χ4v) is 2.31. The minimum absolute atomic E-state index is 0.218. The van der Waals surface area contributed by atoms with E-state index in [1.165, 1.54) is 6.42 Å². The maximum absolute atomic E-state index is 11.2. The Labute approximate surface area is 107 Å². The lowest BCUT2D eigenvalue weighted by molar-refractivity contribution is 0.0165. The van der Waals surface area contributed by atoms with Gasteiger partial charge in [0, 0.05) is 18.6 Å². The van der Waals surface area contributed by atoms with E-state index < -0.39 is 5.91 Å². The molecule has 1 aliphatic rings. The van der Waals surface area contributed by atoms with E-state index >= 15 is 0 Å². The first-order valence-electron chi connectivity index (χ1n) is 6.29. The van der Waals surface area contributed by atoms with E-state index in [9.17, 15) is 4.79 Å². The number of methoxy groups -OCH3 is 1. The quantitative estimate of drug-likeness (QED) is 0.886. The molecule has 1 aromatic carbocycles. The zero-order chi connectivity index (χ0) is 13.0. The van der Waals surface area contributed by atoms with Crippen molar-refractivity contribution in [3.8, 4) is 5.75 Å². The van der Waals surface area contributed by atoms with Gasteiger partial charge in [-0.3, -0.25) is 4.79 Å². The number of hydrogen-bond acceptors (Lipinski definition) is 3. The van der Waals surface area contributed by atoms with E-state index in [0.717, 1.165) is 37.2 Å². The number of carbonyl (C=O) groups is 1. The topological polar surface area (TPSA) is 61.5 Å². The van der Waals surface area contributed by atoms with E-state index in [-0.39, 0.29) is 6.10 Å². The van der Waals surface area contributed by atoms with Crippen LogP contribution in [-0.2, 0) is 11.2 Å². The van der Waals surface area contributed by atoms with Crippen LogP contribution in [0.2, 0.25) is 0 Å². The summed E-state index contributed by atoms with van der Waals surface area (Å²) in [4.78, 5) is 11.2. The maximum atomic E-state index is 11.2. The largest absolute Gasteiger partial charge is 0.496 e. The van der Waals surface area contributed by atoms with Gasteiger partial charge >= 0.3 is 0 Å². The molecule has 0 unspecified atom stereocenters. The third-order valence-corrected chi connectivity index (χ3v) is 3.29. The van der Waals surface area contributed by atoms with Crippen LogP contribution in [0.25, 0.3) is 0 Å². The molecule has 4 nitrogen and oxygen atoms in total. The molecule has 1 saturated heterocycles. The molecule has 2 N–H and O–H groups in total. The van der Waals surface area contributed by atoms with Gasteiger partial charge in [-0.1, -0.05) is 0 Å². The summed E-state index contributed by atoms with van der Waals surface area (Å²) in [5.41, 5.74) is 6.80. The van der Waals surface area contributed by atoms with Crippen LogP contribution in [0.4, 0.5) is 0 Å². The average Bonchev–Trinajstić information content (AvgIpc) is 2.39. The molecule has 0 radical (unpaired) electrons. The number of carbonyl (C=O) groups excluding carboxylic acids is 1. The van der Waals surface area contributed by atoms with Crippen LogP contribution < -0.4 is 10.5 Å². The maximum Gasteiger partial charge on any atom is 0.248 e. The van der Waals surface area contributed by atoms with Crippen molar-refractivity contribution in [3.05, 3.63) is 29.3 Å². The van der Waals surface area contributed by atoms with Gasteiger partial charge in [-0.2, -0.15) is 0 Å². The Morgan fingerprint density at radius 2 is 2.33 bits per heavy atom. The second-order valence-electron chi connectivity index (χ2n) is 4.58. The molecule has 1 amide bonds. The Morgan fingerprint density at radius 3 is 2.94 bits per heavy atom. The van der Waals surface area contributed by atoms with Gasteiger partial charge in [0.1, 0.15) is 5.75 Å². The summed E-state index contributed by atoms with van der Waals surface area (Å²) in [6, 6.07) is 5.28. The van der Waals surface area contributed by atoms with Gasteiger partial charge in [0.2, 0.25) is 5.91 Å². The second-order valence-corrected chi connectivity index (χ2v) is 4.58. The smallest absolute Gasteiger partial charge is 0.248 e. The zero-order valence-electron chi connectivity index (χ0n) is 10.6. The molecule has 4 heteroatoms. The highest BCUT2D eigenvalue weighted by Gasteiger charge is 2.17. The molecule has 1 fully saturated rings. The van der Waals surface area contributed by atoms with Crippen molar-refractivity contribution in [1.82, 2.24) is 0 Å². The first-order valence-corrected chi connectivity index (χ1v) is 6.29. The van der Waals surface area contributed by atoms with Gasteiger partial charge in [0.25, 0.3) is 0 Å². The van der Waals surface area contributed by atoms with Crippen LogP contribution in [0.5, 0.6) is 5.75 Å². The van der Waals surface area contributed by atoms with E-state index in [2.05, 4.69) is 0 Å². The molecule has 0 bridgehead atoms. The summed E-state index contributed by atoms with van der Waals surface area (Å²) in [6.07, 6.45) is 4.38. The predicted molar refractivity (Wildman–Crippen MR) is 68.8 cm³/mol. The van der Waals surface area contributed by atoms with Crippen molar-refractivity contribution < 1.29 is 14.3 Å². The molecule has 1 atom stereocenters. The summed E-state index contributed by atoms with van der Waals surface area (Å²) < 4.78 is 11.0. The van der Waals surface area contributed by atoms with Gasteiger partial charge in [-0.15, -0.1) is 0 Å². The summed E-state index contributed by atoms with van der Waals surface area (Å²) >= 11 is 0. The van der Waals surface area contributed by atoms with Crippen LogP contribution in [0.15, 0.2) is 18.2 Å². The van der Waals surface area contributed by atoms with Crippen molar-refractivity contribution in [3.63, 3.8) is 0 Å². The van der Waals surface area contributed by atoms with Gasteiger partial charge < -0.3 is 15.2 Å². The molecule has 1 heterocycles. The molecule has 2 rings (SSSR count). The molecule has 1 aliphatic heterocycles. The number of primary amides is 1. The Hall–Kier alpha value is -1.55. The van der Waals surface area contributed by atoms with Crippen molar-refractivity contribution in [1.29, 1.82) is 0 Å². The minimum atomic E-state index is -0.413. The number of ether oxygens (including phenoxy) is 2. The Balaban J connectivity index is 2.17. The first kappa shape index (κ1) is 12.9.